The third-order valence-electron chi connectivity index (χ3n) is 4.15. The largest absolute Gasteiger partial charge is 0.393 e. The molecule has 2 rings (SSSR count). The van der Waals surface area contributed by atoms with Gasteiger partial charge in [0.2, 0.25) is 0 Å². The second kappa shape index (κ2) is 6.90. The van der Waals surface area contributed by atoms with Gasteiger partial charge in [0.15, 0.2) is 0 Å². The van der Waals surface area contributed by atoms with Gasteiger partial charge in [0.1, 0.15) is 5.82 Å². The highest BCUT2D eigenvalue weighted by atomic mass is 19.1. The van der Waals surface area contributed by atoms with Crippen LogP contribution in [0.3, 0.4) is 0 Å². The second-order valence-corrected chi connectivity index (χ2v) is 5.46. The molecule has 1 saturated carbocycles. The van der Waals surface area contributed by atoms with Crippen LogP contribution in [-0.4, -0.2) is 24.3 Å². The van der Waals surface area contributed by atoms with E-state index in [0.717, 1.165) is 32.4 Å². The fourth-order valence-electron chi connectivity index (χ4n) is 2.97. The van der Waals surface area contributed by atoms with Crippen molar-refractivity contribution < 1.29 is 9.50 Å². The molecule has 1 fully saturated rings. The minimum Gasteiger partial charge on any atom is -0.393 e. The van der Waals surface area contributed by atoms with Crippen LogP contribution in [-0.2, 0) is 0 Å². The monoisotopic (exact) mass is 265 g/mol. The molecule has 1 aromatic carbocycles. The zero-order chi connectivity index (χ0) is 13.7. The Kier molecular flexibility index (Phi) is 5.20. The van der Waals surface area contributed by atoms with Gasteiger partial charge >= 0.3 is 0 Å². The zero-order valence-corrected chi connectivity index (χ0v) is 11.7. The van der Waals surface area contributed by atoms with Gasteiger partial charge in [-0.25, -0.2) is 4.39 Å². The van der Waals surface area contributed by atoms with E-state index in [1.54, 1.807) is 6.07 Å². The predicted octanol–water partition coefficient (Wildman–Crippen LogP) is 3.59. The summed E-state index contributed by atoms with van der Waals surface area (Å²) < 4.78 is 13.9. The third kappa shape index (κ3) is 3.69. The summed E-state index contributed by atoms with van der Waals surface area (Å²) in [6.07, 6.45) is 5.20. The fourth-order valence-corrected chi connectivity index (χ4v) is 2.97. The predicted molar refractivity (Wildman–Crippen MR) is 76.9 cm³/mol. The Balaban J connectivity index is 2.08. The summed E-state index contributed by atoms with van der Waals surface area (Å²) in [5.41, 5.74) is 0.654. The van der Waals surface area contributed by atoms with E-state index in [9.17, 15) is 9.50 Å². The molecule has 2 atom stereocenters. The molecule has 19 heavy (non-hydrogen) atoms. The van der Waals surface area contributed by atoms with Crippen molar-refractivity contribution in [1.29, 1.82) is 0 Å². The van der Waals surface area contributed by atoms with E-state index in [1.165, 1.54) is 18.9 Å². The van der Waals surface area contributed by atoms with E-state index in [4.69, 9.17) is 0 Å². The molecular weight excluding hydrogens is 241 g/mol. The van der Waals surface area contributed by atoms with Crippen molar-refractivity contribution in [2.75, 3.05) is 18.0 Å². The highest BCUT2D eigenvalue weighted by molar-refractivity contribution is 5.47. The number of benzene rings is 1. The van der Waals surface area contributed by atoms with E-state index < -0.39 is 0 Å². The lowest BCUT2D eigenvalue weighted by Crippen LogP contribution is -2.35. The zero-order valence-electron chi connectivity index (χ0n) is 11.7. The quantitative estimate of drug-likeness (QED) is 0.841. The van der Waals surface area contributed by atoms with Crippen LogP contribution in [0.5, 0.6) is 0 Å². The van der Waals surface area contributed by atoms with Crippen LogP contribution in [0.1, 0.15) is 39.0 Å². The van der Waals surface area contributed by atoms with E-state index >= 15 is 0 Å². The molecule has 2 unspecified atom stereocenters. The van der Waals surface area contributed by atoms with Gasteiger partial charge in [-0.3, -0.25) is 0 Å². The lowest BCUT2D eigenvalue weighted by molar-refractivity contribution is 0.104. The molecule has 0 bridgehead atoms. The Morgan fingerprint density at radius 2 is 1.95 bits per heavy atom. The van der Waals surface area contributed by atoms with Crippen molar-refractivity contribution in [2.24, 2.45) is 5.92 Å². The highest BCUT2D eigenvalue weighted by Crippen LogP contribution is 2.27. The maximum Gasteiger partial charge on any atom is 0.146 e. The first-order valence-electron chi connectivity index (χ1n) is 7.40. The molecule has 1 aromatic rings. The Hall–Kier alpha value is -1.09. The molecule has 1 aliphatic carbocycles. The Morgan fingerprint density at radius 1 is 1.21 bits per heavy atom. The van der Waals surface area contributed by atoms with Gasteiger partial charge in [-0.2, -0.15) is 0 Å². The molecule has 0 heterocycles. The number of aliphatic hydroxyl groups excluding tert-OH is 1. The molecule has 3 heteroatoms. The van der Waals surface area contributed by atoms with Crippen molar-refractivity contribution in [3.63, 3.8) is 0 Å². The molecule has 0 spiro atoms. The van der Waals surface area contributed by atoms with Crippen LogP contribution in [0.15, 0.2) is 24.3 Å². The average Bonchev–Trinajstić information content (AvgIpc) is 2.62. The van der Waals surface area contributed by atoms with Crippen LogP contribution in [0.4, 0.5) is 10.1 Å². The molecule has 2 nitrogen and oxygen atoms in total. The van der Waals surface area contributed by atoms with Crippen molar-refractivity contribution in [2.45, 2.75) is 45.1 Å². The molecule has 0 aliphatic heterocycles. The smallest absolute Gasteiger partial charge is 0.146 e. The number of rotatable bonds is 4. The molecule has 1 N–H and O–H groups in total. The van der Waals surface area contributed by atoms with Crippen LogP contribution in [0.25, 0.3) is 0 Å². The lowest BCUT2D eigenvalue weighted by Gasteiger charge is -2.30. The molecule has 0 radical (unpaired) electrons. The van der Waals surface area contributed by atoms with Crippen molar-refractivity contribution in [3.8, 4) is 0 Å². The minimum absolute atomic E-state index is 0.174. The van der Waals surface area contributed by atoms with Crippen LogP contribution < -0.4 is 4.90 Å². The second-order valence-electron chi connectivity index (χ2n) is 5.46. The maximum atomic E-state index is 13.9. The van der Waals surface area contributed by atoms with E-state index in [0.29, 0.717) is 5.69 Å². The van der Waals surface area contributed by atoms with E-state index in [1.807, 2.05) is 19.1 Å². The van der Waals surface area contributed by atoms with Crippen LogP contribution >= 0.6 is 0 Å². The van der Waals surface area contributed by atoms with Crippen LogP contribution in [0.2, 0.25) is 0 Å². The fraction of sp³-hybridized carbons (Fsp3) is 0.625. The number of anilines is 1. The van der Waals surface area contributed by atoms with E-state index in [2.05, 4.69) is 4.90 Å². The average molecular weight is 265 g/mol. The number of aliphatic hydroxyl groups is 1. The summed E-state index contributed by atoms with van der Waals surface area (Å²) >= 11 is 0. The summed E-state index contributed by atoms with van der Waals surface area (Å²) in [6, 6.07) is 6.90. The molecule has 0 amide bonds. The Bertz CT molecular complexity index is 396. The number of para-hydroxylation sites is 1. The summed E-state index contributed by atoms with van der Waals surface area (Å²) in [6.45, 7) is 3.55. The van der Waals surface area contributed by atoms with Crippen molar-refractivity contribution >= 4 is 5.69 Å². The molecule has 1 aliphatic rings. The van der Waals surface area contributed by atoms with Crippen molar-refractivity contribution in [3.05, 3.63) is 30.1 Å². The normalized spacial score (nSPS) is 23.9. The molecule has 106 valence electrons. The Labute approximate surface area is 115 Å². The minimum atomic E-state index is -0.233. The molecular formula is C16H24FNO. The van der Waals surface area contributed by atoms with E-state index in [-0.39, 0.29) is 17.8 Å². The summed E-state index contributed by atoms with van der Waals surface area (Å²) in [5.74, 6) is 0.0921. The Morgan fingerprint density at radius 3 is 2.68 bits per heavy atom. The number of hydrogen-bond donors (Lipinski definition) is 1. The maximum absolute atomic E-state index is 13.9. The lowest BCUT2D eigenvalue weighted by atomic mass is 9.96. The third-order valence-corrected chi connectivity index (χ3v) is 4.15. The summed E-state index contributed by atoms with van der Waals surface area (Å²) in [7, 11) is 0. The van der Waals surface area contributed by atoms with Gasteiger partial charge in [0, 0.05) is 19.0 Å². The van der Waals surface area contributed by atoms with Gasteiger partial charge in [0.05, 0.1) is 11.8 Å². The summed E-state index contributed by atoms with van der Waals surface area (Å²) in [5, 5.41) is 10.2. The summed E-state index contributed by atoms with van der Waals surface area (Å²) in [4.78, 5) is 2.05. The van der Waals surface area contributed by atoms with Gasteiger partial charge in [0.25, 0.3) is 0 Å². The first-order chi connectivity index (χ1) is 9.22. The van der Waals surface area contributed by atoms with Crippen molar-refractivity contribution in [1.82, 2.24) is 0 Å². The standard InChI is InChI=1S/C16H24FNO/c1-2-18(15-10-7-6-9-14(15)17)12-13-8-4-3-5-11-16(13)19/h6-7,9-10,13,16,19H,2-5,8,11-12H2,1H3. The number of halogens is 1. The number of hydrogen-bond acceptors (Lipinski definition) is 2. The SMILES string of the molecule is CCN(CC1CCCCCC1O)c1ccccc1F. The molecule has 0 saturated heterocycles. The first-order valence-corrected chi connectivity index (χ1v) is 7.40. The van der Waals surface area contributed by atoms with Gasteiger partial charge < -0.3 is 10.0 Å². The van der Waals surface area contributed by atoms with Gasteiger partial charge in [-0.05, 0) is 31.9 Å². The molecule has 0 aromatic heterocycles. The van der Waals surface area contributed by atoms with Gasteiger partial charge in [-0.15, -0.1) is 0 Å². The van der Waals surface area contributed by atoms with Gasteiger partial charge in [-0.1, -0.05) is 31.4 Å². The first kappa shape index (κ1) is 14.3. The topological polar surface area (TPSA) is 23.5 Å². The van der Waals surface area contributed by atoms with Crippen LogP contribution in [0, 0.1) is 11.7 Å². The highest BCUT2D eigenvalue weighted by Gasteiger charge is 2.24. The number of nitrogens with zero attached hydrogens (tertiary/aromatic N) is 1.